The van der Waals surface area contributed by atoms with Crippen molar-refractivity contribution in [2.75, 3.05) is 5.32 Å². The molecule has 31 heavy (non-hydrogen) atoms. The lowest BCUT2D eigenvalue weighted by molar-refractivity contribution is 0.102. The molecule has 0 saturated carbocycles. The first-order valence-corrected chi connectivity index (χ1v) is 11.2. The minimum absolute atomic E-state index is 0.254. The highest BCUT2D eigenvalue weighted by molar-refractivity contribution is 7.98. The standard InChI is InChI=1S/C23H18Cl2N4OS/c1-29-21(27-28-23(29)31-14-16-6-2-4-8-19(16)24)15-10-12-17(13-11-15)26-22(30)18-7-3-5-9-20(18)25/h2-13H,14H2,1H3,(H,26,30). The largest absolute Gasteiger partial charge is 0.322 e. The number of benzene rings is 3. The van der Waals surface area contributed by atoms with E-state index < -0.39 is 0 Å². The molecule has 0 radical (unpaired) electrons. The zero-order valence-electron chi connectivity index (χ0n) is 16.5. The van der Waals surface area contributed by atoms with Gasteiger partial charge in [-0.3, -0.25) is 4.79 Å². The van der Waals surface area contributed by atoms with Crippen molar-refractivity contribution in [3.8, 4) is 11.4 Å². The van der Waals surface area contributed by atoms with E-state index in [2.05, 4.69) is 15.5 Å². The van der Waals surface area contributed by atoms with Gasteiger partial charge in [-0.1, -0.05) is 65.3 Å². The Bertz CT molecular complexity index is 1220. The Kier molecular flexibility index (Phi) is 6.61. The number of hydrogen-bond donors (Lipinski definition) is 1. The average molecular weight is 469 g/mol. The second kappa shape index (κ2) is 9.56. The van der Waals surface area contributed by atoms with Gasteiger partial charge < -0.3 is 9.88 Å². The van der Waals surface area contributed by atoms with Gasteiger partial charge in [0.1, 0.15) is 0 Å². The summed E-state index contributed by atoms with van der Waals surface area (Å²) >= 11 is 13.9. The normalized spacial score (nSPS) is 10.8. The highest BCUT2D eigenvalue weighted by atomic mass is 35.5. The van der Waals surface area contributed by atoms with E-state index in [9.17, 15) is 4.79 Å². The maximum absolute atomic E-state index is 12.4. The van der Waals surface area contributed by atoms with Gasteiger partial charge in [0.15, 0.2) is 11.0 Å². The fourth-order valence-corrected chi connectivity index (χ4v) is 4.41. The number of thioether (sulfide) groups is 1. The molecule has 1 N–H and O–H groups in total. The Hall–Kier alpha value is -2.80. The molecular formula is C23H18Cl2N4OS. The fraction of sp³-hybridized carbons (Fsp3) is 0.0870. The molecule has 4 aromatic rings. The summed E-state index contributed by atoms with van der Waals surface area (Å²) in [5.41, 5.74) is 3.05. The molecule has 0 bridgehead atoms. The zero-order valence-corrected chi connectivity index (χ0v) is 18.9. The molecule has 156 valence electrons. The van der Waals surface area contributed by atoms with Crippen molar-refractivity contribution in [3.05, 3.63) is 94.0 Å². The second-order valence-corrected chi connectivity index (χ2v) is 8.51. The summed E-state index contributed by atoms with van der Waals surface area (Å²) < 4.78 is 1.94. The molecule has 1 heterocycles. The van der Waals surface area contributed by atoms with E-state index in [1.807, 2.05) is 60.1 Å². The van der Waals surface area contributed by atoms with Gasteiger partial charge in [0, 0.05) is 29.1 Å². The lowest BCUT2D eigenvalue weighted by Gasteiger charge is -2.08. The fourth-order valence-electron chi connectivity index (χ4n) is 3.00. The number of nitrogens with zero attached hydrogens (tertiary/aromatic N) is 3. The maximum atomic E-state index is 12.4. The van der Waals surface area contributed by atoms with Crippen LogP contribution in [0.1, 0.15) is 15.9 Å². The molecule has 3 aromatic carbocycles. The lowest BCUT2D eigenvalue weighted by Crippen LogP contribution is -2.12. The van der Waals surface area contributed by atoms with Crippen molar-refractivity contribution < 1.29 is 4.79 Å². The van der Waals surface area contributed by atoms with Crippen LogP contribution in [-0.2, 0) is 12.8 Å². The van der Waals surface area contributed by atoms with Crippen LogP contribution in [0.15, 0.2) is 78.0 Å². The molecule has 0 fully saturated rings. The highest BCUT2D eigenvalue weighted by Crippen LogP contribution is 2.28. The van der Waals surface area contributed by atoms with E-state index in [1.165, 1.54) is 0 Å². The minimum atomic E-state index is -0.254. The topological polar surface area (TPSA) is 59.8 Å². The number of amides is 1. The first kappa shape index (κ1) is 21.4. The SMILES string of the molecule is Cn1c(SCc2ccccc2Cl)nnc1-c1ccc(NC(=O)c2ccccc2Cl)cc1. The van der Waals surface area contributed by atoms with Gasteiger partial charge >= 0.3 is 0 Å². The summed E-state index contributed by atoms with van der Waals surface area (Å²) in [6, 6.07) is 22.2. The second-order valence-electron chi connectivity index (χ2n) is 6.76. The van der Waals surface area contributed by atoms with Crippen LogP contribution in [0.3, 0.4) is 0 Å². The zero-order chi connectivity index (χ0) is 21.8. The van der Waals surface area contributed by atoms with Crippen LogP contribution in [0.25, 0.3) is 11.4 Å². The Balaban J connectivity index is 1.45. The van der Waals surface area contributed by atoms with Crippen LogP contribution in [0.5, 0.6) is 0 Å². The third kappa shape index (κ3) is 4.93. The molecule has 0 unspecified atom stereocenters. The molecule has 0 saturated heterocycles. The van der Waals surface area contributed by atoms with E-state index in [0.717, 1.165) is 27.1 Å². The summed E-state index contributed by atoms with van der Waals surface area (Å²) in [5.74, 6) is 1.19. The number of hydrogen-bond acceptors (Lipinski definition) is 4. The third-order valence-electron chi connectivity index (χ3n) is 4.67. The van der Waals surface area contributed by atoms with Gasteiger partial charge in [-0.15, -0.1) is 10.2 Å². The molecular weight excluding hydrogens is 451 g/mol. The number of halogens is 2. The number of carbonyl (C=O) groups is 1. The third-order valence-corrected chi connectivity index (χ3v) is 6.44. The smallest absolute Gasteiger partial charge is 0.257 e. The van der Waals surface area contributed by atoms with Crippen molar-refractivity contribution >= 4 is 46.6 Å². The molecule has 0 aliphatic heterocycles. The first-order chi connectivity index (χ1) is 15.0. The number of aromatic nitrogens is 3. The van der Waals surface area contributed by atoms with E-state index >= 15 is 0 Å². The highest BCUT2D eigenvalue weighted by Gasteiger charge is 2.13. The molecule has 8 heteroatoms. The van der Waals surface area contributed by atoms with E-state index in [1.54, 1.807) is 36.0 Å². The molecule has 1 amide bonds. The van der Waals surface area contributed by atoms with Gasteiger partial charge in [-0.2, -0.15) is 0 Å². The van der Waals surface area contributed by atoms with Crippen molar-refractivity contribution in [2.24, 2.45) is 7.05 Å². The van der Waals surface area contributed by atoms with Crippen molar-refractivity contribution in [3.63, 3.8) is 0 Å². The van der Waals surface area contributed by atoms with Crippen LogP contribution in [-0.4, -0.2) is 20.7 Å². The molecule has 0 aliphatic carbocycles. The summed E-state index contributed by atoms with van der Waals surface area (Å²) in [6.07, 6.45) is 0. The molecule has 4 rings (SSSR count). The number of carbonyl (C=O) groups excluding carboxylic acids is 1. The minimum Gasteiger partial charge on any atom is -0.322 e. The van der Waals surface area contributed by atoms with Crippen LogP contribution >= 0.6 is 35.0 Å². The number of rotatable bonds is 6. The Labute approximate surface area is 194 Å². The van der Waals surface area contributed by atoms with Gasteiger partial charge in [0.2, 0.25) is 0 Å². The monoisotopic (exact) mass is 468 g/mol. The number of nitrogens with one attached hydrogen (secondary N) is 1. The molecule has 0 aliphatic rings. The van der Waals surface area contributed by atoms with Gasteiger partial charge in [-0.05, 0) is 48.0 Å². The predicted octanol–water partition coefficient (Wildman–Crippen LogP) is 6.33. The average Bonchev–Trinajstić information content (AvgIpc) is 3.14. The molecule has 5 nitrogen and oxygen atoms in total. The van der Waals surface area contributed by atoms with Crippen LogP contribution in [0, 0.1) is 0 Å². The van der Waals surface area contributed by atoms with Crippen LogP contribution < -0.4 is 5.32 Å². The van der Waals surface area contributed by atoms with Crippen LogP contribution in [0.4, 0.5) is 5.69 Å². The summed E-state index contributed by atoms with van der Waals surface area (Å²) in [5, 5.41) is 13.4. The molecule has 1 aromatic heterocycles. The summed E-state index contributed by atoms with van der Waals surface area (Å²) in [4.78, 5) is 12.4. The van der Waals surface area contributed by atoms with Gasteiger partial charge in [-0.25, -0.2) is 0 Å². The van der Waals surface area contributed by atoms with E-state index in [0.29, 0.717) is 22.0 Å². The quantitative estimate of drug-likeness (QED) is 0.335. The van der Waals surface area contributed by atoms with Crippen molar-refractivity contribution in [1.82, 2.24) is 14.8 Å². The van der Waals surface area contributed by atoms with Gasteiger partial charge in [0.05, 0.1) is 10.6 Å². The van der Waals surface area contributed by atoms with E-state index in [-0.39, 0.29) is 5.91 Å². The molecule has 0 atom stereocenters. The summed E-state index contributed by atoms with van der Waals surface area (Å²) in [7, 11) is 1.93. The Morgan fingerprint density at radius 3 is 2.32 bits per heavy atom. The maximum Gasteiger partial charge on any atom is 0.257 e. The van der Waals surface area contributed by atoms with Crippen molar-refractivity contribution in [2.45, 2.75) is 10.9 Å². The van der Waals surface area contributed by atoms with Crippen molar-refractivity contribution in [1.29, 1.82) is 0 Å². The predicted molar refractivity (Wildman–Crippen MR) is 127 cm³/mol. The Morgan fingerprint density at radius 2 is 1.61 bits per heavy atom. The summed E-state index contributed by atoms with van der Waals surface area (Å²) in [6.45, 7) is 0. The van der Waals surface area contributed by atoms with E-state index in [4.69, 9.17) is 23.2 Å². The molecule has 0 spiro atoms. The van der Waals surface area contributed by atoms with Crippen LogP contribution in [0.2, 0.25) is 10.0 Å². The first-order valence-electron chi connectivity index (χ1n) is 9.45. The number of anilines is 1. The lowest BCUT2D eigenvalue weighted by atomic mass is 10.1. The Morgan fingerprint density at radius 1 is 0.935 bits per heavy atom. The van der Waals surface area contributed by atoms with Gasteiger partial charge in [0.25, 0.3) is 5.91 Å².